The number of imidazole rings is 1. The molecule has 0 bridgehead atoms. The number of carbonyl (C=O) groups is 1. The van der Waals surface area contributed by atoms with Crippen molar-refractivity contribution in [2.75, 3.05) is 0 Å². The van der Waals surface area contributed by atoms with Gasteiger partial charge in [0, 0.05) is 17.9 Å². The molecule has 0 unspecified atom stereocenters. The Morgan fingerprint density at radius 2 is 2.15 bits per heavy atom. The summed E-state index contributed by atoms with van der Waals surface area (Å²) in [6.07, 6.45) is 4.04. The Morgan fingerprint density at radius 1 is 1.45 bits per heavy atom. The fourth-order valence-electron chi connectivity index (χ4n) is 3.20. The lowest BCUT2D eigenvalue weighted by Crippen LogP contribution is -2.31. The second-order valence-electron chi connectivity index (χ2n) is 5.69. The molecular weight excluding hydrogens is 320 g/mol. The van der Waals surface area contributed by atoms with Crippen LogP contribution < -0.4 is 0 Å². The molecule has 0 aliphatic heterocycles. The number of hydrogen-bond acceptors (Lipinski definition) is 2. The number of hydrogen-bond donors (Lipinski definition) is 1. The molecule has 5 heteroatoms. The van der Waals surface area contributed by atoms with Crippen LogP contribution in [0.25, 0.3) is 11.0 Å². The minimum Gasteiger partial charge on any atom is -0.481 e. The van der Waals surface area contributed by atoms with Crippen LogP contribution >= 0.6 is 15.9 Å². The van der Waals surface area contributed by atoms with E-state index in [-0.39, 0.29) is 0 Å². The summed E-state index contributed by atoms with van der Waals surface area (Å²) in [4.78, 5) is 16.3. The highest BCUT2D eigenvalue weighted by molar-refractivity contribution is 9.10. The van der Waals surface area contributed by atoms with Crippen LogP contribution in [0.2, 0.25) is 0 Å². The standard InChI is InChI=1S/C15H17BrN2O2/c1-18-12-5-4-10(16)8-11(12)17-13(18)9-15(14(19)20)6-2-3-7-15/h4-5,8H,2-3,6-7,9H2,1H3,(H,19,20). The Kier molecular flexibility index (Phi) is 3.32. The van der Waals surface area contributed by atoms with Crippen LogP contribution in [0.3, 0.4) is 0 Å². The molecule has 1 aromatic heterocycles. The first-order valence-corrected chi connectivity index (χ1v) is 7.65. The summed E-state index contributed by atoms with van der Waals surface area (Å²) in [6, 6.07) is 5.97. The van der Waals surface area contributed by atoms with Gasteiger partial charge in [0.05, 0.1) is 16.4 Å². The third-order valence-corrected chi connectivity index (χ3v) is 4.94. The normalized spacial score (nSPS) is 17.7. The van der Waals surface area contributed by atoms with E-state index >= 15 is 0 Å². The molecule has 0 spiro atoms. The van der Waals surface area contributed by atoms with E-state index in [0.29, 0.717) is 6.42 Å². The predicted octanol–water partition coefficient (Wildman–Crippen LogP) is 3.52. The lowest BCUT2D eigenvalue weighted by molar-refractivity contribution is -0.148. The maximum Gasteiger partial charge on any atom is 0.310 e. The van der Waals surface area contributed by atoms with E-state index in [2.05, 4.69) is 20.9 Å². The average molecular weight is 337 g/mol. The number of benzene rings is 1. The van der Waals surface area contributed by atoms with E-state index in [4.69, 9.17) is 0 Å². The van der Waals surface area contributed by atoms with Gasteiger partial charge < -0.3 is 9.67 Å². The first kappa shape index (κ1) is 13.6. The molecule has 0 atom stereocenters. The van der Waals surface area contributed by atoms with E-state index in [0.717, 1.165) is 47.0 Å². The maximum absolute atomic E-state index is 11.7. The number of rotatable bonds is 3. The van der Waals surface area contributed by atoms with Gasteiger partial charge in [-0.15, -0.1) is 0 Å². The molecule has 4 nitrogen and oxygen atoms in total. The fourth-order valence-corrected chi connectivity index (χ4v) is 3.55. The van der Waals surface area contributed by atoms with E-state index in [1.807, 2.05) is 29.8 Å². The zero-order chi connectivity index (χ0) is 14.3. The Hall–Kier alpha value is -1.36. The Balaban J connectivity index is 2.02. The Morgan fingerprint density at radius 3 is 2.80 bits per heavy atom. The van der Waals surface area contributed by atoms with Crippen molar-refractivity contribution in [3.63, 3.8) is 0 Å². The van der Waals surface area contributed by atoms with Gasteiger partial charge in [0.2, 0.25) is 0 Å². The first-order valence-electron chi connectivity index (χ1n) is 6.86. The van der Waals surface area contributed by atoms with Crippen molar-refractivity contribution in [1.29, 1.82) is 0 Å². The van der Waals surface area contributed by atoms with E-state index in [1.165, 1.54) is 0 Å². The molecule has 0 amide bonds. The molecule has 1 N–H and O–H groups in total. The van der Waals surface area contributed by atoms with Gasteiger partial charge in [-0.2, -0.15) is 0 Å². The van der Waals surface area contributed by atoms with Crippen molar-refractivity contribution in [2.45, 2.75) is 32.1 Å². The zero-order valence-corrected chi connectivity index (χ0v) is 13.0. The molecule has 106 valence electrons. The van der Waals surface area contributed by atoms with Gasteiger partial charge >= 0.3 is 5.97 Å². The number of aryl methyl sites for hydroxylation is 1. The van der Waals surface area contributed by atoms with Crippen molar-refractivity contribution >= 4 is 32.9 Å². The van der Waals surface area contributed by atoms with Gasteiger partial charge in [0.1, 0.15) is 5.82 Å². The monoisotopic (exact) mass is 336 g/mol. The van der Waals surface area contributed by atoms with Crippen LogP contribution in [-0.2, 0) is 18.3 Å². The quantitative estimate of drug-likeness (QED) is 0.932. The third-order valence-electron chi connectivity index (χ3n) is 4.45. The maximum atomic E-state index is 11.7. The average Bonchev–Trinajstić information content (AvgIpc) is 2.97. The second-order valence-corrected chi connectivity index (χ2v) is 6.61. The van der Waals surface area contributed by atoms with Crippen LogP contribution in [0, 0.1) is 5.41 Å². The van der Waals surface area contributed by atoms with Crippen LogP contribution in [-0.4, -0.2) is 20.6 Å². The molecule has 0 radical (unpaired) electrons. The van der Waals surface area contributed by atoms with Crippen LogP contribution in [0.1, 0.15) is 31.5 Å². The fraction of sp³-hybridized carbons (Fsp3) is 0.467. The smallest absolute Gasteiger partial charge is 0.310 e. The van der Waals surface area contributed by atoms with Crippen molar-refractivity contribution < 1.29 is 9.90 Å². The molecule has 1 saturated carbocycles. The minimum absolute atomic E-state index is 0.519. The summed E-state index contributed by atoms with van der Waals surface area (Å²) >= 11 is 3.44. The number of aromatic nitrogens is 2. The Labute approximate surface area is 125 Å². The van der Waals surface area contributed by atoms with Gasteiger partial charge in [-0.05, 0) is 31.0 Å². The predicted molar refractivity (Wildman–Crippen MR) is 80.7 cm³/mol. The Bertz CT molecular complexity index is 672. The summed E-state index contributed by atoms with van der Waals surface area (Å²) in [5, 5.41) is 9.59. The summed E-state index contributed by atoms with van der Waals surface area (Å²) in [5.74, 6) is 0.186. The lowest BCUT2D eigenvalue weighted by atomic mass is 9.82. The van der Waals surface area contributed by atoms with Crippen LogP contribution in [0.5, 0.6) is 0 Å². The molecule has 1 aliphatic rings. The summed E-state index contributed by atoms with van der Waals surface area (Å²) in [7, 11) is 1.96. The minimum atomic E-state index is -0.678. The van der Waals surface area contributed by atoms with Crippen LogP contribution in [0.15, 0.2) is 22.7 Å². The summed E-state index contributed by atoms with van der Waals surface area (Å²) in [6.45, 7) is 0. The van der Waals surface area contributed by atoms with E-state index in [9.17, 15) is 9.90 Å². The molecule has 1 aliphatic carbocycles. The van der Waals surface area contributed by atoms with Gasteiger partial charge in [0.15, 0.2) is 0 Å². The molecule has 0 saturated heterocycles. The molecule has 20 heavy (non-hydrogen) atoms. The van der Waals surface area contributed by atoms with Crippen molar-refractivity contribution in [2.24, 2.45) is 12.5 Å². The number of halogens is 1. The highest BCUT2D eigenvalue weighted by Gasteiger charge is 2.42. The molecule has 2 aromatic rings. The largest absolute Gasteiger partial charge is 0.481 e. The molecule has 1 heterocycles. The molecule has 3 rings (SSSR count). The number of nitrogens with zero attached hydrogens (tertiary/aromatic N) is 2. The number of fused-ring (bicyclic) bond motifs is 1. The molecular formula is C15H17BrN2O2. The van der Waals surface area contributed by atoms with Gasteiger partial charge in [-0.3, -0.25) is 4.79 Å². The van der Waals surface area contributed by atoms with Crippen LogP contribution in [0.4, 0.5) is 0 Å². The zero-order valence-electron chi connectivity index (χ0n) is 11.4. The van der Waals surface area contributed by atoms with Crippen molar-refractivity contribution in [3.8, 4) is 0 Å². The number of carboxylic acids is 1. The van der Waals surface area contributed by atoms with Crippen molar-refractivity contribution in [1.82, 2.24) is 9.55 Å². The second kappa shape index (κ2) is 4.88. The lowest BCUT2D eigenvalue weighted by Gasteiger charge is -2.23. The summed E-state index contributed by atoms with van der Waals surface area (Å²) in [5.41, 5.74) is 1.34. The third kappa shape index (κ3) is 2.14. The number of carboxylic acid groups (broad SMARTS) is 1. The van der Waals surface area contributed by atoms with Gasteiger partial charge in [0.25, 0.3) is 0 Å². The van der Waals surface area contributed by atoms with E-state index < -0.39 is 11.4 Å². The summed E-state index contributed by atoms with van der Waals surface area (Å²) < 4.78 is 3.01. The topological polar surface area (TPSA) is 55.1 Å². The van der Waals surface area contributed by atoms with Gasteiger partial charge in [-0.1, -0.05) is 28.8 Å². The SMILES string of the molecule is Cn1c(CC2(C(=O)O)CCCC2)nc2cc(Br)ccc21. The molecule has 1 aromatic carbocycles. The van der Waals surface area contributed by atoms with E-state index in [1.54, 1.807) is 0 Å². The van der Waals surface area contributed by atoms with Gasteiger partial charge in [-0.25, -0.2) is 4.98 Å². The highest BCUT2D eigenvalue weighted by atomic mass is 79.9. The first-order chi connectivity index (χ1) is 9.52. The number of aliphatic carboxylic acids is 1. The van der Waals surface area contributed by atoms with Crippen molar-refractivity contribution in [3.05, 3.63) is 28.5 Å². The molecule has 1 fully saturated rings. The highest BCUT2D eigenvalue weighted by Crippen LogP contribution is 2.41.